The lowest BCUT2D eigenvalue weighted by molar-refractivity contribution is -0.192. The summed E-state index contributed by atoms with van der Waals surface area (Å²) in [6, 6.07) is 1.86. The van der Waals surface area contributed by atoms with Gasteiger partial charge in [0.15, 0.2) is 0 Å². The van der Waals surface area contributed by atoms with Crippen LogP contribution in [0.3, 0.4) is 0 Å². The second-order valence-electron chi connectivity index (χ2n) is 7.64. The number of ether oxygens (including phenoxy) is 1. The molecule has 1 N–H and O–H groups in total. The molecule has 0 aromatic carbocycles. The summed E-state index contributed by atoms with van der Waals surface area (Å²) < 4.78 is 44.2. The SMILES string of the molecule is CC(C)n1nc(CN2CCOCC2)c2c1CN(C(=O)c1ccno1)C2.O=C(O)C(F)(F)F. The maximum atomic E-state index is 12.6. The molecule has 4 heterocycles. The highest BCUT2D eigenvalue weighted by molar-refractivity contribution is 5.91. The van der Waals surface area contributed by atoms with Crippen LogP contribution in [-0.2, 0) is 29.2 Å². The summed E-state index contributed by atoms with van der Waals surface area (Å²) in [5, 5.41) is 15.6. The number of fused-ring (bicyclic) bond motifs is 1. The van der Waals surface area contributed by atoms with Gasteiger partial charge in [-0.15, -0.1) is 0 Å². The fraction of sp³-hybridized carbons (Fsp3) is 0.579. The van der Waals surface area contributed by atoms with Crippen molar-refractivity contribution in [2.75, 3.05) is 26.3 Å². The first-order valence-electron chi connectivity index (χ1n) is 9.97. The fourth-order valence-electron chi connectivity index (χ4n) is 3.48. The van der Waals surface area contributed by atoms with E-state index in [0.29, 0.717) is 13.1 Å². The summed E-state index contributed by atoms with van der Waals surface area (Å²) >= 11 is 0. The van der Waals surface area contributed by atoms with Crippen molar-refractivity contribution in [3.05, 3.63) is 35.0 Å². The van der Waals surface area contributed by atoms with Crippen molar-refractivity contribution in [3.8, 4) is 0 Å². The Morgan fingerprint density at radius 2 is 1.88 bits per heavy atom. The highest BCUT2D eigenvalue weighted by Crippen LogP contribution is 2.30. The van der Waals surface area contributed by atoms with Crippen molar-refractivity contribution < 1.29 is 37.1 Å². The molecule has 2 aliphatic rings. The number of carbonyl (C=O) groups is 2. The minimum Gasteiger partial charge on any atom is -0.475 e. The van der Waals surface area contributed by atoms with E-state index in [1.165, 1.54) is 11.8 Å². The highest BCUT2D eigenvalue weighted by Gasteiger charge is 2.38. The van der Waals surface area contributed by atoms with Crippen LogP contribution in [0.4, 0.5) is 13.2 Å². The molecule has 1 fully saturated rings. The Bertz CT molecular complexity index is 936. The number of hydrogen-bond acceptors (Lipinski definition) is 7. The number of morpholine rings is 1. The van der Waals surface area contributed by atoms with Gasteiger partial charge >= 0.3 is 12.1 Å². The van der Waals surface area contributed by atoms with Crippen LogP contribution < -0.4 is 0 Å². The molecule has 2 aromatic heterocycles. The summed E-state index contributed by atoms with van der Waals surface area (Å²) in [6.07, 6.45) is -3.59. The van der Waals surface area contributed by atoms with Crippen molar-refractivity contribution >= 4 is 11.9 Å². The molecule has 4 rings (SSSR count). The number of halogens is 3. The Labute approximate surface area is 181 Å². The Hall–Kier alpha value is -2.93. The zero-order valence-electron chi connectivity index (χ0n) is 17.6. The zero-order valence-corrected chi connectivity index (χ0v) is 17.6. The van der Waals surface area contributed by atoms with Crippen LogP contribution in [0.25, 0.3) is 0 Å². The monoisotopic (exact) mass is 459 g/mol. The number of rotatable bonds is 4. The van der Waals surface area contributed by atoms with Gasteiger partial charge in [0, 0.05) is 37.3 Å². The van der Waals surface area contributed by atoms with Crippen molar-refractivity contribution in [2.24, 2.45) is 0 Å². The van der Waals surface area contributed by atoms with E-state index in [2.05, 4.69) is 28.6 Å². The first-order valence-corrected chi connectivity index (χ1v) is 9.97. The Kier molecular flexibility index (Phi) is 7.19. The summed E-state index contributed by atoms with van der Waals surface area (Å²) in [6.45, 7) is 9.54. The van der Waals surface area contributed by atoms with Gasteiger partial charge in [-0.05, 0) is 13.8 Å². The van der Waals surface area contributed by atoms with Crippen LogP contribution >= 0.6 is 0 Å². The first-order chi connectivity index (χ1) is 15.1. The summed E-state index contributed by atoms with van der Waals surface area (Å²) in [7, 11) is 0. The van der Waals surface area contributed by atoms with Gasteiger partial charge in [-0.1, -0.05) is 5.16 Å². The van der Waals surface area contributed by atoms with Crippen molar-refractivity contribution in [1.82, 2.24) is 24.7 Å². The third-order valence-corrected chi connectivity index (χ3v) is 5.04. The molecular formula is C19H24F3N5O5. The molecule has 13 heteroatoms. The molecule has 0 bridgehead atoms. The van der Waals surface area contributed by atoms with Crippen LogP contribution in [0.1, 0.15) is 47.4 Å². The molecule has 0 saturated carbocycles. The number of alkyl halides is 3. The first kappa shape index (κ1) is 23.7. The molecular weight excluding hydrogens is 435 g/mol. The third kappa shape index (κ3) is 5.46. The summed E-state index contributed by atoms with van der Waals surface area (Å²) in [4.78, 5) is 25.6. The molecule has 2 aliphatic heterocycles. The van der Waals surface area contributed by atoms with Gasteiger partial charge in [-0.3, -0.25) is 14.4 Å². The lowest BCUT2D eigenvalue weighted by atomic mass is 10.2. The normalized spacial score (nSPS) is 16.6. The maximum Gasteiger partial charge on any atom is 0.490 e. The highest BCUT2D eigenvalue weighted by atomic mass is 19.4. The minimum absolute atomic E-state index is 0.124. The van der Waals surface area contributed by atoms with Gasteiger partial charge in [0.1, 0.15) is 0 Å². The van der Waals surface area contributed by atoms with Crippen LogP contribution in [0.2, 0.25) is 0 Å². The van der Waals surface area contributed by atoms with Crippen LogP contribution in [-0.4, -0.2) is 74.2 Å². The predicted octanol–water partition coefficient (Wildman–Crippen LogP) is 2.07. The van der Waals surface area contributed by atoms with Gasteiger partial charge in [-0.25, -0.2) is 4.79 Å². The van der Waals surface area contributed by atoms with Crippen molar-refractivity contribution in [2.45, 2.75) is 45.7 Å². The molecule has 0 spiro atoms. The summed E-state index contributed by atoms with van der Waals surface area (Å²) in [5.41, 5.74) is 3.37. The van der Waals surface area contributed by atoms with Gasteiger partial charge in [0.25, 0.3) is 5.91 Å². The maximum absolute atomic E-state index is 12.6. The number of carboxylic acids is 1. The Balaban J connectivity index is 0.000000360. The molecule has 1 amide bonds. The lowest BCUT2D eigenvalue weighted by Crippen LogP contribution is -2.36. The quantitative estimate of drug-likeness (QED) is 0.739. The van der Waals surface area contributed by atoms with E-state index in [0.717, 1.165) is 44.2 Å². The second kappa shape index (κ2) is 9.69. The molecule has 1 saturated heterocycles. The number of aromatic nitrogens is 3. The molecule has 176 valence electrons. The van der Waals surface area contributed by atoms with E-state index in [-0.39, 0.29) is 17.7 Å². The molecule has 2 aromatic rings. The number of carbonyl (C=O) groups excluding carboxylic acids is 1. The van der Waals surface area contributed by atoms with Crippen LogP contribution in [0.5, 0.6) is 0 Å². The topological polar surface area (TPSA) is 114 Å². The van der Waals surface area contributed by atoms with E-state index < -0.39 is 12.1 Å². The number of amides is 1. The van der Waals surface area contributed by atoms with Crippen LogP contribution in [0, 0.1) is 0 Å². The van der Waals surface area contributed by atoms with E-state index >= 15 is 0 Å². The number of carboxylic acid groups (broad SMARTS) is 1. The van der Waals surface area contributed by atoms with Gasteiger partial charge in [-0.2, -0.15) is 18.3 Å². The standard InChI is InChI=1S/C17H23N5O3.C2HF3O2/c1-12(2)22-15-11-21(17(23)16-3-4-18-25-16)9-13(15)14(19-22)10-20-5-7-24-8-6-20;3-2(4,5)1(6)7/h3-4,12H,5-11H2,1-2H3;(H,6,7). The second-order valence-corrected chi connectivity index (χ2v) is 7.64. The van der Waals surface area contributed by atoms with Gasteiger partial charge in [0.05, 0.1) is 43.9 Å². The average molecular weight is 459 g/mol. The lowest BCUT2D eigenvalue weighted by Gasteiger charge is -2.26. The van der Waals surface area contributed by atoms with Crippen LogP contribution in [0.15, 0.2) is 16.8 Å². The van der Waals surface area contributed by atoms with Gasteiger partial charge < -0.3 is 19.3 Å². The third-order valence-electron chi connectivity index (χ3n) is 5.04. The fourth-order valence-corrected chi connectivity index (χ4v) is 3.48. The van der Waals surface area contributed by atoms with E-state index in [1.807, 2.05) is 0 Å². The molecule has 0 unspecified atom stereocenters. The zero-order chi connectivity index (χ0) is 23.5. The summed E-state index contributed by atoms with van der Waals surface area (Å²) in [5.74, 6) is -2.60. The number of aliphatic carboxylic acids is 1. The molecule has 32 heavy (non-hydrogen) atoms. The van der Waals surface area contributed by atoms with E-state index in [9.17, 15) is 18.0 Å². The Morgan fingerprint density at radius 1 is 1.22 bits per heavy atom. The largest absolute Gasteiger partial charge is 0.490 e. The minimum atomic E-state index is -5.08. The van der Waals surface area contributed by atoms with E-state index in [4.69, 9.17) is 24.3 Å². The molecule has 0 atom stereocenters. The smallest absolute Gasteiger partial charge is 0.475 e. The number of hydrogen-bond donors (Lipinski definition) is 1. The molecule has 0 aliphatic carbocycles. The van der Waals surface area contributed by atoms with Crippen molar-refractivity contribution in [3.63, 3.8) is 0 Å². The average Bonchev–Trinajstić information content (AvgIpc) is 3.46. The van der Waals surface area contributed by atoms with Gasteiger partial charge in [0.2, 0.25) is 5.76 Å². The molecule has 0 radical (unpaired) electrons. The molecule has 10 nitrogen and oxygen atoms in total. The van der Waals surface area contributed by atoms with E-state index in [1.54, 1.807) is 11.0 Å². The Morgan fingerprint density at radius 3 is 2.41 bits per heavy atom. The number of nitrogens with zero attached hydrogens (tertiary/aromatic N) is 5. The predicted molar refractivity (Wildman–Crippen MR) is 102 cm³/mol. The van der Waals surface area contributed by atoms with Crippen molar-refractivity contribution in [1.29, 1.82) is 0 Å².